The van der Waals surface area contributed by atoms with E-state index in [1.54, 1.807) is 6.92 Å². The molecule has 0 saturated heterocycles. The fourth-order valence-electron chi connectivity index (χ4n) is 0.455. The van der Waals surface area contributed by atoms with Gasteiger partial charge in [0, 0.05) is 6.92 Å². The standard InChI is InChI=1S/C5H5BrN2O/c1-4-5(6)7-2-3-8(4)9/h2-3H,1H3. The third-order valence-electron chi connectivity index (χ3n) is 1.02. The zero-order valence-electron chi connectivity index (χ0n) is 4.84. The zero-order valence-corrected chi connectivity index (χ0v) is 6.42. The van der Waals surface area contributed by atoms with Crippen LogP contribution in [0.2, 0.25) is 0 Å². The van der Waals surface area contributed by atoms with Gasteiger partial charge in [0.05, 0.1) is 6.20 Å². The largest absolute Gasteiger partial charge is 0.618 e. The Hall–Kier alpha value is -0.640. The van der Waals surface area contributed by atoms with Crippen LogP contribution in [0.5, 0.6) is 0 Å². The van der Waals surface area contributed by atoms with Gasteiger partial charge in [-0.3, -0.25) is 0 Å². The van der Waals surface area contributed by atoms with Crippen LogP contribution < -0.4 is 4.73 Å². The first-order valence-corrected chi connectivity index (χ1v) is 3.21. The summed E-state index contributed by atoms with van der Waals surface area (Å²) in [6.07, 6.45) is 2.81. The van der Waals surface area contributed by atoms with E-state index in [9.17, 15) is 5.21 Å². The third kappa shape index (κ3) is 1.18. The van der Waals surface area contributed by atoms with Crippen molar-refractivity contribution in [1.29, 1.82) is 0 Å². The van der Waals surface area contributed by atoms with Crippen molar-refractivity contribution in [2.24, 2.45) is 0 Å². The molecule has 0 radical (unpaired) electrons. The Labute approximate surface area is 61.1 Å². The van der Waals surface area contributed by atoms with Gasteiger partial charge in [0.25, 0.3) is 0 Å². The molecule has 0 fully saturated rings. The number of hydrogen-bond donors (Lipinski definition) is 0. The zero-order chi connectivity index (χ0) is 6.85. The number of halogens is 1. The van der Waals surface area contributed by atoms with E-state index >= 15 is 0 Å². The van der Waals surface area contributed by atoms with Crippen molar-refractivity contribution < 1.29 is 4.73 Å². The summed E-state index contributed by atoms with van der Waals surface area (Å²) >= 11 is 3.11. The van der Waals surface area contributed by atoms with Crippen molar-refractivity contribution >= 4 is 15.9 Å². The Morgan fingerprint density at radius 3 is 2.89 bits per heavy atom. The van der Waals surface area contributed by atoms with E-state index in [4.69, 9.17) is 0 Å². The van der Waals surface area contributed by atoms with E-state index in [2.05, 4.69) is 20.9 Å². The summed E-state index contributed by atoms with van der Waals surface area (Å²) in [6.45, 7) is 1.70. The second kappa shape index (κ2) is 2.31. The molecule has 48 valence electrons. The Bertz CT molecular complexity index is 206. The molecular formula is C5H5BrN2O. The van der Waals surface area contributed by atoms with Crippen LogP contribution in [0.4, 0.5) is 0 Å². The summed E-state index contributed by atoms with van der Waals surface area (Å²) in [6, 6.07) is 0. The first-order valence-electron chi connectivity index (χ1n) is 2.42. The molecule has 0 bridgehead atoms. The van der Waals surface area contributed by atoms with Gasteiger partial charge in [0.1, 0.15) is 0 Å². The van der Waals surface area contributed by atoms with Crippen molar-refractivity contribution in [3.63, 3.8) is 0 Å². The second-order valence-corrected chi connectivity index (χ2v) is 2.38. The van der Waals surface area contributed by atoms with Gasteiger partial charge in [-0.2, -0.15) is 4.73 Å². The molecule has 1 aromatic rings. The Morgan fingerprint density at radius 2 is 2.44 bits per heavy atom. The third-order valence-corrected chi connectivity index (χ3v) is 1.80. The molecule has 0 aromatic carbocycles. The van der Waals surface area contributed by atoms with Gasteiger partial charge >= 0.3 is 0 Å². The molecule has 1 aromatic heterocycles. The highest BCUT2D eigenvalue weighted by Gasteiger charge is 2.01. The highest BCUT2D eigenvalue weighted by Crippen LogP contribution is 2.04. The maximum Gasteiger partial charge on any atom is 0.222 e. The van der Waals surface area contributed by atoms with Gasteiger partial charge in [-0.15, -0.1) is 0 Å². The lowest BCUT2D eigenvalue weighted by Crippen LogP contribution is -2.29. The van der Waals surface area contributed by atoms with Gasteiger partial charge in [0.15, 0.2) is 10.8 Å². The molecule has 1 rings (SSSR count). The summed E-state index contributed by atoms with van der Waals surface area (Å²) in [5.41, 5.74) is 0.581. The average molecular weight is 189 g/mol. The topological polar surface area (TPSA) is 39.8 Å². The SMILES string of the molecule is Cc1c(Br)ncc[n+]1[O-]. The molecule has 9 heavy (non-hydrogen) atoms. The Kier molecular flexibility index (Phi) is 1.66. The van der Waals surface area contributed by atoms with Crippen LogP contribution in [-0.2, 0) is 0 Å². The molecule has 0 aliphatic heterocycles. The summed E-state index contributed by atoms with van der Waals surface area (Å²) in [5, 5.41) is 10.7. The fraction of sp³-hybridized carbons (Fsp3) is 0.200. The lowest BCUT2D eigenvalue weighted by Gasteiger charge is -1.98. The first kappa shape index (κ1) is 6.48. The monoisotopic (exact) mass is 188 g/mol. The molecule has 0 spiro atoms. The lowest BCUT2D eigenvalue weighted by molar-refractivity contribution is -0.613. The van der Waals surface area contributed by atoms with Crippen molar-refractivity contribution in [2.75, 3.05) is 0 Å². The van der Waals surface area contributed by atoms with Crippen LogP contribution in [-0.4, -0.2) is 4.98 Å². The normalized spacial score (nSPS) is 9.56. The van der Waals surface area contributed by atoms with Crippen LogP contribution >= 0.6 is 15.9 Å². The summed E-state index contributed by atoms with van der Waals surface area (Å²) in [7, 11) is 0. The van der Waals surface area contributed by atoms with Crippen LogP contribution in [0, 0.1) is 12.1 Å². The summed E-state index contributed by atoms with van der Waals surface area (Å²) in [5.74, 6) is 0. The highest BCUT2D eigenvalue weighted by atomic mass is 79.9. The maximum atomic E-state index is 10.7. The fourth-order valence-corrected chi connectivity index (χ4v) is 0.748. The molecule has 0 unspecified atom stereocenters. The molecular weight excluding hydrogens is 184 g/mol. The Balaban J connectivity index is 3.25. The van der Waals surface area contributed by atoms with Crippen molar-refractivity contribution in [3.05, 3.63) is 27.9 Å². The van der Waals surface area contributed by atoms with Crippen molar-refractivity contribution in [3.8, 4) is 0 Å². The van der Waals surface area contributed by atoms with E-state index in [0.717, 1.165) is 4.73 Å². The van der Waals surface area contributed by atoms with Gasteiger partial charge in [0.2, 0.25) is 5.69 Å². The van der Waals surface area contributed by atoms with Crippen LogP contribution in [0.25, 0.3) is 0 Å². The van der Waals surface area contributed by atoms with Gasteiger partial charge in [-0.25, -0.2) is 4.98 Å². The van der Waals surface area contributed by atoms with Gasteiger partial charge in [-0.1, -0.05) is 0 Å². The minimum atomic E-state index is 0.581. The average Bonchev–Trinajstić information content (AvgIpc) is 1.83. The maximum absolute atomic E-state index is 10.7. The predicted molar refractivity (Wildman–Crippen MR) is 35.6 cm³/mol. The molecule has 0 N–H and O–H groups in total. The van der Waals surface area contributed by atoms with E-state index in [1.807, 2.05) is 0 Å². The number of nitrogens with zero attached hydrogens (tertiary/aromatic N) is 2. The van der Waals surface area contributed by atoms with Crippen LogP contribution in [0.15, 0.2) is 17.0 Å². The van der Waals surface area contributed by atoms with Crippen LogP contribution in [0.3, 0.4) is 0 Å². The van der Waals surface area contributed by atoms with Crippen LogP contribution in [0.1, 0.15) is 5.69 Å². The van der Waals surface area contributed by atoms with Crippen molar-refractivity contribution in [1.82, 2.24) is 4.98 Å². The molecule has 0 amide bonds. The molecule has 1 heterocycles. The lowest BCUT2D eigenvalue weighted by atomic mass is 10.5. The predicted octanol–water partition coefficient (Wildman–Crippen LogP) is 0.786. The Morgan fingerprint density at radius 1 is 1.78 bits per heavy atom. The smallest absolute Gasteiger partial charge is 0.222 e. The summed E-state index contributed by atoms with van der Waals surface area (Å²) < 4.78 is 1.36. The molecule has 3 nitrogen and oxygen atoms in total. The molecule has 4 heteroatoms. The minimum absolute atomic E-state index is 0.581. The van der Waals surface area contributed by atoms with E-state index in [1.165, 1.54) is 12.4 Å². The van der Waals surface area contributed by atoms with Gasteiger partial charge in [-0.05, 0) is 15.9 Å². The van der Waals surface area contributed by atoms with E-state index in [0.29, 0.717) is 10.3 Å². The minimum Gasteiger partial charge on any atom is -0.618 e. The number of hydrogen-bond acceptors (Lipinski definition) is 2. The highest BCUT2D eigenvalue weighted by molar-refractivity contribution is 9.10. The molecule has 0 atom stereocenters. The molecule has 0 aliphatic carbocycles. The first-order chi connectivity index (χ1) is 4.22. The second-order valence-electron chi connectivity index (χ2n) is 1.63. The molecule has 0 saturated carbocycles. The number of rotatable bonds is 0. The van der Waals surface area contributed by atoms with E-state index in [-0.39, 0.29) is 0 Å². The molecule has 0 aliphatic rings. The van der Waals surface area contributed by atoms with E-state index < -0.39 is 0 Å². The number of aromatic nitrogens is 2. The summed E-state index contributed by atoms with van der Waals surface area (Å²) in [4.78, 5) is 3.84. The van der Waals surface area contributed by atoms with Gasteiger partial charge < -0.3 is 5.21 Å². The van der Waals surface area contributed by atoms with Crippen molar-refractivity contribution in [2.45, 2.75) is 6.92 Å². The quantitative estimate of drug-likeness (QED) is 0.447.